The van der Waals surface area contributed by atoms with Gasteiger partial charge in [0.1, 0.15) is 0 Å². The van der Waals surface area contributed by atoms with Gasteiger partial charge in [-0.05, 0) is 43.5 Å². The molecule has 0 saturated heterocycles. The number of nitrogens with two attached hydrogens (primary N) is 2. The first-order valence-corrected chi connectivity index (χ1v) is 7.67. The van der Waals surface area contributed by atoms with E-state index in [2.05, 4.69) is 10.4 Å². The van der Waals surface area contributed by atoms with Crippen LogP contribution in [0, 0.1) is 0 Å². The third-order valence-electron chi connectivity index (χ3n) is 3.49. The largest absolute Gasteiger partial charge is 0.396 e. The molecule has 0 saturated carbocycles. The number of anilines is 1. The highest BCUT2D eigenvalue weighted by Gasteiger charge is 2.12. The first-order valence-electron chi connectivity index (χ1n) is 7.67. The molecule has 0 aliphatic rings. The van der Waals surface area contributed by atoms with Crippen molar-refractivity contribution in [3.63, 3.8) is 0 Å². The summed E-state index contributed by atoms with van der Waals surface area (Å²) in [5, 5.41) is 15.5. The van der Waals surface area contributed by atoms with Crippen molar-refractivity contribution in [3.05, 3.63) is 41.7 Å². The molecular weight excluding hydrogens is 310 g/mol. The van der Waals surface area contributed by atoms with E-state index in [0.717, 1.165) is 19.3 Å². The summed E-state index contributed by atoms with van der Waals surface area (Å²) in [6, 6.07) is 6.75. The van der Waals surface area contributed by atoms with Crippen molar-refractivity contribution >= 4 is 17.5 Å². The van der Waals surface area contributed by atoms with Gasteiger partial charge >= 0.3 is 0 Å². The monoisotopic (exact) mass is 331 g/mol. The van der Waals surface area contributed by atoms with Gasteiger partial charge in [-0.3, -0.25) is 9.59 Å². The summed E-state index contributed by atoms with van der Waals surface area (Å²) in [6.45, 7) is 0.739. The zero-order valence-electron chi connectivity index (χ0n) is 13.2. The smallest absolute Gasteiger partial charge is 0.271 e. The average Bonchev–Trinajstić information content (AvgIpc) is 2.97. The van der Waals surface area contributed by atoms with Crippen LogP contribution in [0.3, 0.4) is 0 Å². The zero-order chi connectivity index (χ0) is 17.5. The van der Waals surface area contributed by atoms with Crippen LogP contribution in [0.5, 0.6) is 0 Å². The average molecular weight is 331 g/mol. The Morgan fingerprint density at radius 3 is 2.46 bits per heavy atom. The van der Waals surface area contributed by atoms with Gasteiger partial charge in [-0.25, -0.2) is 4.68 Å². The molecule has 8 heteroatoms. The predicted octanol–water partition coefficient (Wildman–Crippen LogP) is 0.446. The Morgan fingerprint density at radius 1 is 1.17 bits per heavy atom. The topological polar surface area (TPSA) is 136 Å². The molecule has 24 heavy (non-hydrogen) atoms. The number of carbonyl (C=O) groups excluding carboxylic acids is 2. The molecule has 0 bridgehead atoms. The van der Waals surface area contributed by atoms with Crippen molar-refractivity contribution in [2.45, 2.75) is 19.3 Å². The van der Waals surface area contributed by atoms with Crippen LogP contribution in [0.4, 0.5) is 5.69 Å². The fourth-order valence-electron chi connectivity index (χ4n) is 2.19. The summed E-state index contributed by atoms with van der Waals surface area (Å²) in [4.78, 5) is 23.2. The van der Waals surface area contributed by atoms with Gasteiger partial charge in [0.25, 0.3) is 11.8 Å². The van der Waals surface area contributed by atoms with Gasteiger partial charge in [0.05, 0.1) is 17.6 Å². The highest BCUT2D eigenvalue weighted by Crippen LogP contribution is 2.14. The predicted molar refractivity (Wildman–Crippen MR) is 89.8 cm³/mol. The third-order valence-corrected chi connectivity index (χ3v) is 3.49. The summed E-state index contributed by atoms with van der Waals surface area (Å²) in [6.07, 6.45) is 3.94. The number of amides is 2. The number of carbonyl (C=O) groups is 2. The minimum atomic E-state index is -0.691. The number of aliphatic hydroxyl groups is 1. The molecule has 0 atom stereocenters. The molecule has 0 fully saturated rings. The number of aliphatic hydroxyl groups excluding tert-OH is 1. The maximum Gasteiger partial charge on any atom is 0.271 e. The van der Waals surface area contributed by atoms with Gasteiger partial charge in [-0.2, -0.15) is 5.10 Å². The fourth-order valence-corrected chi connectivity index (χ4v) is 2.19. The molecule has 0 aliphatic carbocycles. The lowest BCUT2D eigenvalue weighted by molar-refractivity contribution is 0.0951. The van der Waals surface area contributed by atoms with Gasteiger partial charge in [-0.15, -0.1) is 0 Å². The van der Waals surface area contributed by atoms with Gasteiger partial charge in [0.15, 0.2) is 5.69 Å². The number of aromatic nitrogens is 2. The van der Waals surface area contributed by atoms with E-state index < -0.39 is 5.91 Å². The second-order valence-electron chi connectivity index (χ2n) is 5.33. The number of hydrogen-bond donors (Lipinski definition) is 4. The van der Waals surface area contributed by atoms with Crippen LogP contribution < -0.4 is 16.8 Å². The van der Waals surface area contributed by atoms with E-state index in [1.807, 2.05) is 0 Å². The molecular formula is C16H21N5O3. The highest BCUT2D eigenvalue weighted by molar-refractivity contribution is 5.96. The van der Waals surface area contributed by atoms with Gasteiger partial charge in [0, 0.05) is 18.7 Å². The number of nitrogens with zero attached hydrogens (tertiary/aromatic N) is 2. The highest BCUT2D eigenvalue weighted by atomic mass is 16.3. The molecule has 2 aromatic rings. The van der Waals surface area contributed by atoms with E-state index >= 15 is 0 Å². The van der Waals surface area contributed by atoms with Crippen LogP contribution in [-0.4, -0.2) is 39.9 Å². The molecule has 0 spiro atoms. The Balaban J connectivity index is 1.98. The summed E-state index contributed by atoms with van der Waals surface area (Å²) >= 11 is 0. The number of primary amides is 1. The second kappa shape index (κ2) is 8.11. The maximum absolute atomic E-state index is 12.0. The number of hydrogen-bond acceptors (Lipinski definition) is 5. The van der Waals surface area contributed by atoms with Crippen molar-refractivity contribution in [3.8, 4) is 5.69 Å². The Bertz CT molecular complexity index is 709. The van der Waals surface area contributed by atoms with E-state index in [9.17, 15) is 9.59 Å². The standard InChI is InChI=1S/C16H21N5O3/c17-13-10-21(20-14(13)15(18)23)12-6-4-11(5-7-12)16(24)19-8-2-1-3-9-22/h4-7,10,22H,1-3,8-9,17H2,(H2,18,23)(H,19,24). The lowest BCUT2D eigenvalue weighted by atomic mass is 10.2. The third kappa shape index (κ3) is 4.32. The molecule has 6 N–H and O–H groups in total. The van der Waals surface area contributed by atoms with Crippen LogP contribution in [0.1, 0.15) is 40.1 Å². The molecule has 1 aromatic heterocycles. The second-order valence-corrected chi connectivity index (χ2v) is 5.33. The van der Waals surface area contributed by atoms with Gasteiger partial charge in [0.2, 0.25) is 0 Å². The van der Waals surface area contributed by atoms with Crippen molar-refractivity contribution in [1.29, 1.82) is 0 Å². The first-order chi connectivity index (χ1) is 11.5. The molecule has 1 heterocycles. The summed E-state index contributed by atoms with van der Waals surface area (Å²) in [7, 11) is 0. The van der Waals surface area contributed by atoms with Crippen molar-refractivity contribution in [2.75, 3.05) is 18.9 Å². The number of nitrogens with one attached hydrogen (secondary N) is 1. The number of rotatable bonds is 8. The van der Waals surface area contributed by atoms with E-state index in [-0.39, 0.29) is 23.9 Å². The van der Waals surface area contributed by atoms with Crippen LogP contribution in [0.15, 0.2) is 30.5 Å². The Hall–Kier alpha value is -2.87. The van der Waals surface area contributed by atoms with Crippen LogP contribution in [0.2, 0.25) is 0 Å². The minimum absolute atomic E-state index is 0.0136. The molecule has 0 unspecified atom stereocenters. The Morgan fingerprint density at radius 2 is 1.88 bits per heavy atom. The quantitative estimate of drug-likeness (QED) is 0.520. The van der Waals surface area contributed by atoms with Gasteiger partial charge < -0.3 is 21.9 Å². The van der Waals surface area contributed by atoms with Crippen LogP contribution in [0.25, 0.3) is 5.69 Å². The SMILES string of the molecule is NC(=O)c1nn(-c2ccc(C(=O)NCCCCCO)cc2)cc1N. The minimum Gasteiger partial charge on any atom is -0.396 e. The zero-order valence-corrected chi connectivity index (χ0v) is 13.2. The number of unbranched alkanes of at least 4 members (excludes halogenated alkanes) is 2. The maximum atomic E-state index is 12.0. The van der Waals surface area contributed by atoms with Crippen LogP contribution in [-0.2, 0) is 0 Å². The number of benzene rings is 1. The summed E-state index contributed by atoms with van der Waals surface area (Å²) in [5.41, 5.74) is 12.3. The summed E-state index contributed by atoms with van der Waals surface area (Å²) in [5.74, 6) is -0.855. The fraction of sp³-hybridized carbons (Fsp3) is 0.312. The molecule has 128 valence electrons. The van der Waals surface area contributed by atoms with E-state index in [0.29, 0.717) is 17.8 Å². The van der Waals surface area contributed by atoms with Crippen LogP contribution >= 0.6 is 0 Å². The summed E-state index contributed by atoms with van der Waals surface area (Å²) < 4.78 is 1.44. The van der Waals surface area contributed by atoms with Gasteiger partial charge in [-0.1, -0.05) is 0 Å². The van der Waals surface area contributed by atoms with Crippen molar-refractivity contribution < 1.29 is 14.7 Å². The lowest BCUT2D eigenvalue weighted by Crippen LogP contribution is -2.24. The van der Waals surface area contributed by atoms with Crippen molar-refractivity contribution in [2.24, 2.45) is 5.73 Å². The molecule has 0 aliphatic heterocycles. The number of nitrogen functional groups attached to an aromatic ring is 1. The Kier molecular flexibility index (Phi) is 5.91. The molecule has 1 aromatic carbocycles. The Labute approximate surface area is 139 Å². The van der Waals surface area contributed by atoms with E-state index in [1.54, 1.807) is 24.3 Å². The van der Waals surface area contributed by atoms with E-state index in [1.165, 1.54) is 10.9 Å². The lowest BCUT2D eigenvalue weighted by Gasteiger charge is -2.06. The first kappa shape index (κ1) is 17.5. The molecule has 8 nitrogen and oxygen atoms in total. The van der Waals surface area contributed by atoms with Crippen molar-refractivity contribution in [1.82, 2.24) is 15.1 Å². The molecule has 2 rings (SSSR count). The molecule has 2 amide bonds. The normalized spacial score (nSPS) is 10.5. The molecule has 0 radical (unpaired) electrons. The van der Waals surface area contributed by atoms with E-state index in [4.69, 9.17) is 16.6 Å².